The second-order valence-corrected chi connectivity index (χ2v) is 10.6. The third-order valence-electron chi connectivity index (χ3n) is 8.52. The Morgan fingerprint density at radius 3 is 2.12 bits per heavy atom. The van der Waals surface area contributed by atoms with Gasteiger partial charge in [0.15, 0.2) is 6.10 Å². The first-order valence-electron chi connectivity index (χ1n) is 12.9. The molecule has 3 fully saturated rings. The highest BCUT2D eigenvalue weighted by Gasteiger charge is 2.62. The van der Waals surface area contributed by atoms with Gasteiger partial charge in [-0.05, 0) is 68.1 Å². The summed E-state index contributed by atoms with van der Waals surface area (Å²) in [5.41, 5.74) is 1.91. The number of benzene rings is 2. The second kappa shape index (κ2) is 9.60. The molecule has 4 heteroatoms. The van der Waals surface area contributed by atoms with Crippen molar-refractivity contribution in [3.05, 3.63) is 66.2 Å². The van der Waals surface area contributed by atoms with Crippen LogP contribution in [0.3, 0.4) is 0 Å². The van der Waals surface area contributed by atoms with Gasteiger partial charge >= 0.3 is 0 Å². The first kappa shape index (κ1) is 22.6. The number of β-lactam (4-membered cyclic amide) rings is 1. The van der Waals surface area contributed by atoms with Gasteiger partial charge in [0.05, 0.1) is 12.1 Å². The Hall–Kier alpha value is -2.17. The maximum absolute atomic E-state index is 13.3. The molecule has 176 valence electrons. The van der Waals surface area contributed by atoms with Crippen LogP contribution >= 0.6 is 0 Å². The topological polar surface area (TPSA) is 32.8 Å². The second-order valence-electron chi connectivity index (χ2n) is 10.6. The lowest BCUT2D eigenvalue weighted by molar-refractivity contribution is -0.157. The maximum Gasteiger partial charge on any atom is 0.259 e. The Kier molecular flexibility index (Phi) is 6.58. The van der Waals surface area contributed by atoms with Gasteiger partial charge in [0, 0.05) is 24.8 Å². The average Bonchev–Trinajstić information content (AvgIpc) is 2.86. The summed E-state index contributed by atoms with van der Waals surface area (Å²) in [6.07, 6.45) is 6.99. The monoisotopic (exact) mass is 446 g/mol. The van der Waals surface area contributed by atoms with Gasteiger partial charge in [0.25, 0.3) is 5.91 Å². The molecule has 1 aliphatic carbocycles. The van der Waals surface area contributed by atoms with Gasteiger partial charge < -0.3 is 14.5 Å². The summed E-state index contributed by atoms with van der Waals surface area (Å²) in [6, 6.07) is 21.1. The van der Waals surface area contributed by atoms with E-state index in [1.165, 1.54) is 25.7 Å². The number of rotatable bonds is 6. The summed E-state index contributed by atoms with van der Waals surface area (Å²) in [6.45, 7) is 7.34. The fraction of sp³-hybridized carbons (Fsp3) is 0.552. The highest BCUT2D eigenvalue weighted by Crippen LogP contribution is 2.47. The number of nitrogens with zero attached hydrogens (tertiary/aromatic N) is 2. The van der Waals surface area contributed by atoms with Gasteiger partial charge in [-0.25, -0.2) is 0 Å². The third-order valence-corrected chi connectivity index (χ3v) is 8.52. The summed E-state index contributed by atoms with van der Waals surface area (Å²) in [5, 5.41) is 0. The van der Waals surface area contributed by atoms with Crippen molar-refractivity contribution >= 4 is 11.6 Å². The lowest BCUT2D eigenvalue weighted by Gasteiger charge is -2.60. The van der Waals surface area contributed by atoms with Crippen LogP contribution in [0.25, 0.3) is 0 Å². The van der Waals surface area contributed by atoms with Crippen LogP contribution in [-0.4, -0.2) is 41.6 Å². The van der Waals surface area contributed by atoms with E-state index < -0.39 is 0 Å². The van der Waals surface area contributed by atoms with E-state index in [1.54, 1.807) is 0 Å². The Labute approximate surface area is 198 Å². The van der Waals surface area contributed by atoms with Crippen LogP contribution in [0.15, 0.2) is 60.7 Å². The predicted molar refractivity (Wildman–Crippen MR) is 133 cm³/mol. The molecule has 1 amide bonds. The van der Waals surface area contributed by atoms with Crippen LogP contribution in [0.5, 0.6) is 0 Å². The molecule has 1 atom stereocenters. The van der Waals surface area contributed by atoms with Crippen LogP contribution in [0.4, 0.5) is 5.69 Å². The minimum atomic E-state index is -0.350. The quantitative estimate of drug-likeness (QED) is 0.536. The van der Waals surface area contributed by atoms with E-state index >= 15 is 0 Å². The molecule has 0 aromatic heterocycles. The van der Waals surface area contributed by atoms with E-state index in [9.17, 15) is 4.79 Å². The van der Waals surface area contributed by atoms with E-state index in [0.717, 1.165) is 49.0 Å². The van der Waals surface area contributed by atoms with Crippen molar-refractivity contribution in [2.45, 2.75) is 76.7 Å². The molecule has 33 heavy (non-hydrogen) atoms. The zero-order chi connectivity index (χ0) is 22.8. The van der Waals surface area contributed by atoms with Crippen molar-refractivity contribution in [2.75, 3.05) is 18.0 Å². The van der Waals surface area contributed by atoms with Crippen LogP contribution in [-0.2, 0) is 16.1 Å². The highest BCUT2D eigenvalue weighted by molar-refractivity contribution is 6.06. The number of ether oxygens (including phenoxy) is 1. The van der Waals surface area contributed by atoms with Gasteiger partial charge in [-0.15, -0.1) is 0 Å². The zero-order valence-electron chi connectivity index (χ0n) is 20.2. The molecule has 2 aliphatic heterocycles. The Morgan fingerprint density at radius 2 is 1.52 bits per heavy atom. The van der Waals surface area contributed by atoms with Crippen LogP contribution < -0.4 is 4.90 Å². The molecule has 3 aliphatic rings. The molecule has 2 saturated heterocycles. The van der Waals surface area contributed by atoms with Crippen LogP contribution in [0, 0.1) is 11.8 Å². The summed E-state index contributed by atoms with van der Waals surface area (Å²) < 4.78 is 6.33. The first-order valence-corrected chi connectivity index (χ1v) is 12.9. The Balaban J connectivity index is 1.29. The van der Waals surface area contributed by atoms with Gasteiger partial charge in [0.2, 0.25) is 0 Å². The number of likely N-dealkylation sites (tertiary alicyclic amines) is 1. The fourth-order valence-corrected chi connectivity index (χ4v) is 6.45. The van der Waals surface area contributed by atoms with Crippen LogP contribution in [0.2, 0.25) is 0 Å². The van der Waals surface area contributed by atoms with E-state index in [-0.39, 0.29) is 17.6 Å². The van der Waals surface area contributed by atoms with Gasteiger partial charge in [-0.1, -0.05) is 62.4 Å². The van der Waals surface area contributed by atoms with E-state index in [4.69, 9.17) is 4.74 Å². The molecule has 4 nitrogen and oxygen atoms in total. The summed E-state index contributed by atoms with van der Waals surface area (Å²) >= 11 is 0. The highest BCUT2D eigenvalue weighted by atomic mass is 16.5. The Morgan fingerprint density at radius 1 is 0.909 bits per heavy atom. The number of para-hydroxylation sites is 1. The molecule has 0 bridgehead atoms. The van der Waals surface area contributed by atoms with Crippen molar-refractivity contribution in [1.82, 2.24) is 4.90 Å². The number of carbonyl (C=O) groups is 1. The molecular formula is C29H38N2O2. The smallest absolute Gasteiger partial charge is 0.259 e. The SMILES string of the molecule is CC(C)C1CCC(N2CCC3(CC2)[C@@H](OCc2ccccc2)C(=O)N3c2ccccc2)CC1. The molecule has 1 spiro atoms. The van der Waals surface area contributed by atoms with Gasteiger partial charge in [-0.3, -0.25) is 4.79 Å². The molecule has 0 radical (unpaired) electrons. The van der Waals surface area contributed by atoms with Crippen molar-refractivity contribution < 1.29 is 9.53 Å². The first-order chi connectivity index (χ1) is 16.1. The molecule has 2 heterocycles. The minimum absolute atomic E-state index is 0.114. The molecule has 5 rings (SSSR count). The summed E-state index contributed by atoms with van der Waals surface area (Å²) in [5.74, 6) is 1.81. The van der Waals surface area contributed by atoms with E-state index in [2.05, 4.69) is 47.9 Å². The van der Waals surface area contributed by atoms with Crippen molar-refractivity contribution in [1.29, 1.82) is 0 Å². The number of hydrogen-bond acceptors (Lipinski definition) is 3. The molecular weight excluding hydrogens is 408 g/mol. The lowest BCUT2D eigenvalue weighted by atomic mass is 9.71. The van der Waals surface area contributed by atoms with Crippen molar-refractivity contribution in [3.8, 4) is 0 Å². The average molecular weight is 447 g/mol. The number of hydrogen-bond donors (Lipinski definition) is 0. The minimum Gasteiger partial charge on any atom is -0.361 e. The van der Waals surface area contributed by atoms with E-state index in [0.29, 0.717) is 12.6 Å². The molecule has 0 unspecified atom stereocenters. The van der Waals surface area contributed by atoms with Crippen LogP contribution in [0.1, 0.15) is 57.9 Å². The van der Waals surface area contributed by atoms with Gasteiger partial charge in [-0.2, -0.15) is 0 Å². The normalized spacial score (nSPS) is 27.7. The van der Waals surface area contributed by atoms with Crippen molar-refractivity contribution in [2.24, 2.45) is 11.8 Å². The molecule has 2 aromatic rings. The number of piperidine rings is 1. The Bertz CT molecular complexity index is 913. The maximum atomic E-state index is 13.3. The third kappa shape index (κ3) is 4.36. The number of amides is 1. The summed E-state index contributed by atoms with van der Waals surface area (Å²) in [7, 11) is 0. The largest absolute Gasteiger partial charge is 0.361 e. The standard InChI is InChI=1S/C29H38N2O2/c1-22(2)24-13-15-25(16-14-24)30-19-17-29(18-20-30)27(33-21-23-9-5-3-6-10-23)28(32)31(29)26-11-7-4-8-12-26/h3-12,22,24-25,27H,13-21H2,1-2H3/t24?,25?,27-/m0/s1. The van der Waals surface area contributed by atoms with Crippen molar-refractivity contribution in [3.63, 3.8) is 0 Å². The molecule has 2 aromatic carbocycles. The number of anilines is 1. The molecule has 0 N–H and O–H groups in total. The zero-order valence-corrected chi connectivity index (χ0v) is 20.2. The summed E-state index contributed by atoms with van der Waals surface area (Å²) in [4.78, 5) is 18.1. The van der Waals surface area contributed by atoms with E-state index in [1.807, 2.05) is 36.4 Å². The fourth-order valence-electron chi connectivity index (χ4n) is 6.45. The molecule has 1 saturated carbocycles. The lowest BCUT2D eigenvalue weighted by Crippen LogP contribution is -2.78. The predicted octanol–water partition coefficient (Wildman–Crippen LogP) is 5.67. The van der Waals surface area contributed by atoms with Gasteiger partial charge in [0.1, 0.15) is 0 Å². The number of carbonyl (C=O) groups excluding carboxylic acids is 1.